The van der Waals surface area contributed by atoms with Crippen LogP contribution in [0.4, 0.5) is 10.2 Å². The fourth-order valence-electron chi connectivity index (χ4n) is 2.50. The van der Waals surface area contributed by atoms with Gasteiger partial charge >= 0.3 is 0 Å². The highest BCUT2D eigenvalue weighted by atomic mass is 19.1. The van der Waals surface area contributed by atoms with Crippen LogP contribution in [0.2, 0.25) is 0 Å². The molecule has 0 spiro atoms. The lowest BCUT2D eigenvalue weighted by Gasteiger charge is -2.05. The van der Waals surface area contributed by atoms with E-state index < -0.39 is 11.7 Å². The van der Waals surface area contributed by atoms with Gasteiger partial charge in [-0.05, 0) is 37.6 Å². The summed E-state index contributed by atoms with van der Waals surface area (Å²) in [5.41, 5.74) is 2.50. The number of fused-ring (bicyclic) bond motifs is 1. The Morgan fingerprint density at radius 3 is 2.73 bits per heavy atom. The van der Waals surface area contributed by atoms with Crippen molar-refractivity contribution in [2.75, 3.05) is 5.32 Å². The molecule has 5 nitrogen and oxygen atoms in total. The molecule has 0 unspecified atom stereocenters. The molecular formula is C16H15FN4O. The van der Waals surface area contributed by atoms with E-state index in [2.05, 4.69) is 15.4 Å². The van der Waals surface area contributed by atoms with Gasteiger partial charge in [0, 0.05) is 12.7 Å². The lowest BCUT2D eigenvalue weighted by atomic mass is 10.1. The molecule has 3 rings (SSSR count). The monoisotopic (exact) mass is 298 g/mol. The molecule has 0 saturated carbocycles. The first-order chi connectivity index (χ1) is 10.5. The van der Waals surface area contributed by atoms with Crippen molar-refractivity contribution in [2.24, 2.45) is 7.05 Å². The van der Waals surface area contributed by atoms with Crippen molar-refractivity contribution < 1.29 is 9.18 Å². The number of anilines is 1. The molecule has 2 heterocycles. The van der Waals surface area contributed by atoms with Crippen LogP contribution in [0.15, 0.2) is 30.3 Å². The average molecular weight is 298 g/mol. The second-order valence-electron chi connectivity index (χ2n) is 5.19. The summed E-state index contributed by atoms with van der Waals surface area (Å²) < 4.78 is 15.3. The van der Waals surface area contributed by atoms with E-state index in [1.54, 1.807) is 23.9 Å². The van der Waals surface area contributed by atoms with Gasteiger partial charge in [-0.25, -0.2) is 14.1 Å². The van der Waals surface area contributed by atoms with Crippen LogP contribution in [0.1, 0.15) is 21.6 Å². The number of pyridine rings is 1. The third-order valence-electron chi connectivity index (χ3n) is 3.47. The number of carbonyl (C=O) groups excluding carboxylic acids is 1. The van der Waals surface area contributed by atoms with Crippen LogP contribution in [-0.2, 0) is 7.05 Å². The molecule has 2 aromatic heterocycles. The zero-order valence-corrected chi connectivity index (χ0v) is 12.5. The van der Waals surface area contributed by atoms with E-state index in [0.717, 1.165) is 16.6 Å². The number of amides is 1. The van der Waals surface area contributed by atoms with Crippen molar-refractivity contribution >= 4 is 22.8 Å². The van der Waals surface area contributed by atoms with Crippen LogP contribution in [0.3, 0.4) is 0 Å². The SMILES string of the molecule is Cc1cc(C)c2c(NC(=O)c3ccccc3F)nn(C)c2n1. The Balaban J connectivity index is 2.05. The topological polar surface area (TPSA) is 59.8 Å². The van der Waals surface area contributed by atoms with Gasteiger partial charge in [-0.2, -0.15) is 5.10 Å². The van der Waals surface area contributed by atoms with Gasteiger partial charge in [-0.3, -0.25) is 4.79 Å². The predicted molar refractivity (Wildman–Crippen MR) is 82.3 cm³/mol. The molecule has 0 aliphatic rings. The Hall–Kier alpha value is -2.76. The van der Waals surface area contributed by atoms with Gasteiger partial charge in [0.15, 0.2) is 11.5 Å². The summed E-state index contributed by atoms with van der Waals surface area (Å²) in [6, 6.07) is 7.76. The summed E-state index contributed by atoms with van der Waals surface area (Å²) in [6.07, 6.45) is 0. The van der Waals surface area contributed by atoms with Crippen LogP contribution in [0.25, 0.3) is 11.0 Å². The van der Waals surface area contributed by atoms with E-state index in [9.17, 15) is 9.18 Å². The molecular weight excluding hydrogens is 283 g/mol. The maximum atomic E-state index is 13.7. The van der Waals surface area contributed by atoms with Gasteiger partial charge in [-0.1, -0.05) is 12.1 Å². The van der Waals surface area contributed by atoms with E-state index in [1.807, 2.05) is 19.9 Å². The Kier molecular flexibility index (Phi) is 3.36. The number of aromatic nitrogens is 3. The molecule has 1 N–H and O–H groups in total. The lowest BCUT2D eigenvalue weighted by Crippen LogP contribution is -2.14. The van der Waals surface area contributed by atoms with Crippen molar-refractivity contribution in [3.8, 4) is 0 Å². The van der Waals surface area contributed by atoms with Crippen LogP contribution in [0, 0.1) is 19.7 Å². The van der Waals surface area contributed by atoms with Crippen molar-refractivity contribution in [1.82, 2.24) is 14.8 Å². The molecule has 0 atom stereocenters. The summed E-state index contributed by atoms with van der Waals surface area (Å²) in [5.74, 6) is -0.709. The van der Waals surface area contributed by atoms with Crippen LogP contribution < -0.4 is 5.32 Å². The largest absolute Gasteiger partial charge is 0.304 e. The van der Waals surface area contributed by atoms with E-state index in [0.29, 0.717) is 11.5 Å². The summed E-state index contributed by atoms with van der Waals surface area (Å²) in [7, 11) is 1.76. The first-order valence-corrected chi connectivity index (χ1v) is 6.84. The average Bonchev–Trinajstić information content (AvgIpc) is 2.75. The number of benzene rings is 1. The fourth-order valence-corrected chi connectivity index (χ4v) is 2.50. The molecule has 112 valence electrons. The second kappa shape index (κ2) is 5.22. The summed E-state index contributed by atoms with van der Waals surface area (Å²) in [5, 5.41) is 7.72. The zero-order chi connectivity index (χ0) is 15.9. The molecule has 22 heavy (non-hydrogen) atoms. The number of aryl methyl sites for hydroxylation is 3. The quantitative estimate of drug-likeness (QED) is 0.791. The molecule has 1 aromatic carbocycles. The highest BCUT2D eigenvalue weighted by Crippen LogP contribution is 2.25. The van der Waals surface area contributed by atoms with E-state index in [1.165, 1.54) is 12.1 Å². The summed E-state index contributed by atoms with van der Waals surface area (Å²) in [4.78, 5) is 16.7. The third-order valence-corrected chi connectivity index (χ3v) is 3.47. The third kappa shape index (κ3) is 2.32. The zero-order valence-electron chi connectivity index (χ0n) is 12.5. The highest BCUT2D eigenvalue weighted by molar-refractivity contribution is 6.08. The number of halogens is 1. The van der Waals surface area contributed by atoms with Crippen LogP contribution >= 0.6 is 0 Å². The van der Waals surface area contributed by atoms with Crippen LogP contribution in [-0.4, -0.2) is 20.7 Å². The molecule has 0 bridgehead atoms. The lowest BCUT2D eigenvalue weighted by molar-refractivity contribution is 0.102. The number of rotatable bonds is 2. The molecule has 0 saturated heterocycles. The molecule has 1 amide bonds. The van der Waals surface area contributed by atoms with Gasteiger partial charge < -0.3 is 5.32 Å². The number of carbonyl (C=O) groups is 1. The molecule has 0 aliphatic heterocycles. The van der Waals surface area contributed by atoms with Crippen LogP contribution in [0.5, 0.6) is 0 Å². The maximum Gasteiger partial charge on any atom is 0.259 e. The Morgan fingerprint density at radius 2 is 2.00 bits per heavy atom. The molecule has 6 heteroatoms. The predicted octanol–water partition coefficient (Wildman–Crippen LogP) is 2.98. The first kappa shape index (κ1) is 14.2. The minimum atomic E-state index is -0.564. The number of nitrogens with zero attached hydrogens (tertiary/aromatic N) is 3. The normalized spacial score (nSPS) is 10.9. The minimum Gasteiger partial charge on any atom is -0.304 e. The van der Waals surface area contributed by atoms with Gasteiger partial charge in [0.1, 0.15) is 5.82 Å². The Labute approximate surface area is 126 Å². The van der Waals surface area contributed by atoms with Gasteiger partial charge in [-0.15, -0.1) is 0 Å². The maximum absolute atomic E-state index is 13.7. The first-order valence-electron chi connectivity index (χ1n) is 6.84. The standard InChI is InChI=1S/C16H15FN4O/c1-9-8-10(2)18-15-13(9)14(20-21(15)3)19-16(22)11-6-4-5-7-12(11)17/h4-8H,1-3H3,(H,19,20,22). The molecule has 0 fully saturated rings. The van der Waals surface area contributed by atoms with Gasteiger partial charge in [0.05, 0.1) is 10.9 Å². The van der Waals surface area contributed by atoms with Gasteiger partial charge in [0.25, 0.3) is 5.91 Å². The van der Waals surface area contributed by atoms with Crippen molar-refractivity contribution in [3.05, 3.63) is 53.0 Å². The molecule has 3 aromatic rings. The van der Waals surface area contributed by atoms with Crippen molar-refractivity contribution in [1.29, 1.82) is 0 Å². The number of hydrogen-bond acceptors (Lipinski definition) is 3. The summed E-state index contributed by atoms with van der Waals surface area (Å²) >= 11 is 0. The van der Waals surface area contributed by atoms with Crippen molar-refractivity contribution in [3.63, 3.8) is 0 Å². The highest BCUT2D eigenvalue weighted by Gasteiger charge is 2.17. The van der Waals surface area contributed by atoms with E-state index in [-0.39, 0.29) is 5.56 Å². The smallest absolute Gasteiger partial charge is 0.259 e. The molecule has 0 radical (unpaired) electrons. The van der Waals surface area contributed by atoms with E-state index >= 15 is 0 Å². The number of hydrogen-bond donors (Lipinski definition) is 1. The van der Waals surface area contributed by atoms with E-state index in [4.69, 9.17) is 0 Å². The fraction of sp³-hybridized carbons (Fsp3) is 0.188. The van der Waals surface area contributed by atoms with Gasteiger partial charge in [0.2, 0.25) is 0 Å². The minimum absolute atomic E-state index is 0.0148. The molecule has 0 aliphatic carbocycles. The number of nitrogens with one attached hydrogen (secondary N) is 1. The Bertz CT molecular complexity index is 885. The summed E-state index contributed by atoms with van der Waals surface area (Å²) in [6.45, 7) is 3.83. The second-order valence-corrected chi connectivity index (χ2v) is 5.19. The van der Waals surface area contributed by atoms with Crippen molar-refractivity contribution in [2.45, 2.75) is 13.8 Å². The Morgan fingerprint density at radius 1 is 1.27 bits per heavy atom.